The quantitative estimate of drug-likeness (QED) is 0.600. The van der Waals surface area contributed by atoms with Crippen molar-refractivity contribution in [1.82, 2.24) is 4.98 Å². The van der Waals surface area contributed by atoms with E-state index in [2.05, 4.69) is 4.98 Å². The number of aromatic nitrogens is 1. The van der Waals surface area contributed by atoms with E-state index in [9.17, 15) is 0 Å². The molecule has 2 rings (SSSR count). The first-order valence-corrected chi connectivity index (χ1v) is 4.94. The van der Waals surface area contributed by atoms with Crippen molar-refractivity contribution in [3.63, 3.8) is 0 Å². The minimum atomic E-state index is 0.517. The molecule has 0 fully saturated rings. The van der Waals surface area contributed by atoms with Gasteiger partial charge >= 0.3 is 0 Å². The minimum Gasteiger partial charge on any atom is -0.477 e. The van der Waals surface area contributed by atoms with Crippen molar-refractivity contribution < 1.29 is 4.74 Å². The van der Waals surface area contributed by atoms with Crippen LogP contribution in [0.1, 0.15) is 25.0 Å². The van der Waals surface area contributed by atoms with Crippen molar-refractivity contribution in [3.05, 3.63) is 22.3 Å². The van der Waals surface area contributed by atoms with E-state index in [4.69, 9.17) is 16.3 Å². The first-order chi connectivity index (χ1) is 6.27. The number of fused-ring (bicyclic) bond motifs is 1. The molecule has 0 N–H and O–H groups in total. The average Bonchev–Trinajstić information content (AvgIpc) is 2.55. The maximum absolute atomic E-state index is 5.74. The first-order valence-electron chi connectivity index (χ1n) is 4.56. The summed E-state index contributed by atoms with van der Waals surface area (Å²) in [5.41, 5.74) is 2.38. The lowest BCUT2D eigenvalue weighted by molar-refractivity contribution is 0.345. The van der Waals surface area contributed by atoms with Gasteiger partial charge in [-0.1, -0.05) is 25.4 Å². The zero-order valence-corrected chi connectivity index (χ0v) is 8.98. The molecular weight excluding hydrogens is 186 g/mol. The maximum atomic E-state index is 5.74. The number of hydrogen-bond donors (Lipinski definition) is 0. The Morgan fingerprint density at radius 1 is 1.46 bits per heavy atom. The van der Waals surface area contributed by atoms with Crippen LogP contribution in [0.3, 0.4) is 0 Å². The van der Waals surface area contributed by atoms with E-state index in [0.717, 1.165) is 18.9 Å². The molecule has 72 valence electrons. The van der Waals surface area contributed by atoms with Crippen LogP contribution in [0, 0.1) is 6.92 Å². The molecule has 0 aromatic carbocycles. The molecule has 1 aliphatic rings. The molecule has 2 heterocycles. The smallest absolute Gasteiger partial charge is 0.218 e. The van der Waals surface area contributed by atoms with Crippen molar-refractivity contribution >= 4 is 11.6 Å². The maximum Gasteiger partial charge on any atom is 0.218 e. The molecule has 0 aliphatic carbocycles. The van der Waals surface area contributed by atoms with E-state index < -0.39 is 0 Å². The van der Waals surface area contributed by atoms with E-state index in [0.29, 0.717) is 5.15 Å². The monoisotopic (exact) mass is 199 g/mol. The molecule has 0 bridgehead atoms. The fourth-order valence-corrected chi connectivity index (χ4v) is 1.54. The summed E-state index contributed by atoms with van der Waals surface area (Å²) in [6, 6.07) is 1.87. The molecule has 2 nitrogen and oxygen atoms in total. The standard InChI is InChI=1S/C8H8ClNO.C2H6/c1-5-4-7(9)10-8-6(5)2-3-11-8;1-2/h4H,2-3H2,1H3;1-2H3. The molecule has 0 atom stereocenters. The van der Waals surface area contributed by atoms with Gasteiger partial charge in [-0.2, -0.15) is 0 Å². The number of hydrogen-bond acceptors (Lipinski definition) is 2. The Hall–Kier alpha value is -0.760. The molecule has 0 spiro atoms. The normalized spacial score (nSPS) is 12.6. The molecule has 3 heteroatoms. The number of rotatable bonds is 0. The molecule has 0 saturated carbocycles. The molecule has 1 aliphatic heterocycles. The summed E-state index contributed by atoms with van der Waals surface area (Å²) in [6.07, 6.45) is 0.964. The summed E-state index contributed by atoms with van der Waals surface area (Å²) in [5.74, 6) is 0.718. The van der Waals surface area contributed by atoms with Crippen molar-refractivity contribution in [2.24, 2.45) is 0 Å². The second-order valence-electron chi connectivity index (χ2n) is 2.64. The van der Waals surface area contributed by atoms with E-state index in [1.807, 2.05) is 26.8 Å². The third-order valence-corrected chi connectivity index (χ3v) is 2.06. The van der Waals surface area contributed by atoms with Crippen LogP contribution in [0.4, 0.5) is 0 Å². The third-order valence-electron chi connectivity index (χ3n) is 1.87. The molecule has 1 aromatic rings. The summed E-state index contributed by atoms with van der Waals surface area (Å²) < 4.78 is 5.26. The van der Waals surface area contributed by atoms with Gasteiger partial charge in [0.2, 0.25) is 5.88 Å². The second-order valence-corrected chi connectivity index (χ2v) is 3.03. The topological polar surface area (TPSA) is 22.1 Å². The van der Waals surface area contributed by atoms with Gasteiger partial charge < -0.3 is 4.74 Å². The first kappa shape index (κ1) is 10.3. The fraction of sp³-hybridized carbons (Fsp3) is 0.500. The molecular formula is C10H14ClNO. The van der Waals surface area contributed by atoms with Crippen molar-refractivity contribution in [3.8, 4) is 5.88 Å². The largest absolute Gasteiger partial charge is 0.477 e. The van der Waals surface area contributed by atoms with E-state index in [1.165, 1.54) is 11.1 Å². The Morgan fingerprint density at radius 2 is 2.15 bits per heavy atom. The zero-order chi connectivity index (χ0) is 9.84. The highest BCUT2D eigenvalue weighted by molar-refractivity contribution is 6.29. The van der Waals surface area contributed by atoms with Crippen LogP contribution in [0.2, 0.25) is 5.15 Å². The molecule has 0 radical (unpaired) electrons. The van der Waals surface area contributed by atoms with Crippen LogP contribution in [0.15, 0.2) is 6.07 Å². The number of pyridine rings is 1. The van der Waals surface area contributed by atoms with Crippen LogP contribution >= 0.6 is 11.6 Å². The molecule has 0 saturated heterocycles. The highest BCUT2D eigenvalue weighted by Gasteiger charge is 2.16. The summed E-state index contributed by atoms with van der Waals surface area (Å²) >= 11 is 5.74. The van der Waals surface area contributed by atoms with Gasteiger partial charge in [-0.15, -0.1) is 0 Å². The molecule has 1 aromatic heterocycles. The van der Waals surface area contributed by atoms with Gasteiger partial charge in [-0.25, -0.2) is 4.98 Å². The van der Waals surface area contributed by atoms with Gasteiger partial charge in [0, 0.05) is 12.0 Å². The minimum absolute atomic E-state index is 0.517. The van der Waals surface area contributed by atoms with Gasteiger partial charge in [-0.05, 0) is 18.6 Å². The Labute approximate surface area is 83.9 Å². The fourth-order valence-electron chi connectivity index (χ4n) is 1.30. The predicted octanol–water partition coefficient (Wildman–Crippen LogP) is 3.00. The summed E-state index contributed by atoms with van der Waals surface area (Å²) in [7, 11) is 0. The number of halogens is 1. The zero-order valence-electron chi connectivity index (χ0n) is 8.22. The highest BCUT2D eigenvalue weighted by Crippen LogP contribution is 2.27. The summed E-state index contributed by atoms with van der Waals surface area (Å²) in [5, 5.41) is 0.517. The highest BCUT2D eigenvalue weighted by atomic mass is 35.5. The van der Waals surface area contributed by atoms with Crippen LogP contribution < -0.4 is 4.74 Å². The Kier molecular flexibility index (Phi) is 3.55. The lowest BCUT2D eigenvalue weighted by atomic mass is 10.1. The van der Waals surface area contributed by atoms with E-state index in [-0.39, 0.29) is 0 Å². The van der Waals surface area contributed by atoms with Gasteiger partial charge in [0.25, 0.3) is 0 Å². The molecule has 0 amide bonds. The Balaban J connectivity index is 0.000000396. The van der Waals surface area contributed by atoms with Gasteiger partial charge in [0.05, 0.1) is 6.61 Å². The third kappa shape index (κ3) is 2.13. The number of nitrogens with zero attached hydrogens (tertiary/aromatic N) is 1. The number of ether oxygens (including phenoxy) is 1. The Bertz CT molecular complexity index is 299. The van der Waals surface area contributed by atoms with Gasteiger partial charge in [-0.3, -0.25) is 0 Å². The van der Waals surface area contributed by atoms with Crippen molar-refractivity contribution in [2.45, 2.75) is 27.2 Å². The predicted molar refractivity (Wildman–Crippen MR) is 54.5 cm³/mol. The van der Waals surface area contributed by atoms with Crippen molar-refractivity contribution in [1.29, 1.82) is 0 Å². The Morgan fingerprint density at radius 3 is 2.85 bits per heavy atom. The second kappa shape index (κ2) is 4.47. The average molecular weight is 200 g/mol. The lowest BCUT2D eigenvalue weighted by Crippen LogP contribution is -1.88. The van der Waals surface area contributed by atoms with Crippen molar-refractivity contribution in [2.75, 3.05) is 6.61 Å². The van der Waals surface area contributed by atoms with Crippen LogP contribution in [-0.4, -0.2) is 11.6 Å². The lowest BCUT2D eigenvalue weighted by Gasteiger charge is -2.00. The van der Waals surface area contributed by atoms with E-state index in [1.54, 1.807) is 0 Å². The summed E-state index contributed by atoms with van der Waals surface area (Å²) in [4.78, 5) is 4.06. The van der Waals surface area contributed by atoms with Crippen LogP contribution in [0.25, 0.3) is 0 Å². The van der Waals surface area contributed by atoms with Gasteiger partial charge in [0.1, 0.15) is 5.15 Å². The molecule has 13 heavy (non-hydrogen) atoms. The number of aryl methyl sites for hydroxylation is 1. The van der Waals surface area contributed by atoms with Crippen LogP contribution in [0.5, 0.6) is 5.88 Å². The molecule has 0 unspecified atom stereocenters. The SMILES string of the molecule is CC.Cc1cc(Cl)nc2c1CCO2. The van der Waals surface area contributed by atoms with Gasteiger partial charge in [0.15, 0.2) is 0 Å². The summed E-state index contributed by atoms with van der Waals surface area (Å²) in [6.45, 7) is 6.77. The van der Waals surface area contributed by atoms with E-state index >= 15 is 0 Å². The van der Waals surface area contributed by atoms with Crippen LogP contribution in [-0.2, 0) is 6.42 Å².